The maximum atomic E-state index is 11.7. The lowest BCUT2D eigenvalue weighted by molar-refractivity contribution is 0.0987. The first-order chi connectivity index (χ1) is 31.9. The highest BCUT2D eigenvalue weighted by atomic mass is 35.5. The second-order valence-corrected chi connectivity index (χ2v) is 16.2. The van der Waals surface area contributed by atoms with E-state index in [1.807, 2.05) is 80.3 Å². The Kier molecular flexibility index (Phi) is 16.9. The van der Waals surface area contributed by atoms with Crippen molar-refractivity contribution in [2.24, 2.45) is 17.2 Å². The van der Waals surface area contributed by atoms with Crippen molar-refractivity contribution in [3.63, 3.8) is 0 Å². The zero-order chi connectivity index (χ0) is 47.2. The van der Waals surface area contributed by atoms with Crippen LogP contribution in [-0.4, -0.2) is 94.0 Å². The second-order valence-electron chi connectivity index (χ2n) is 15.8. The highest BCUT2D eigenvalue weighted by molar-refractivity contribution is 6.31. The van der Waals surface area contributed by atoms with Crippen LogP contribution in [0.1, 0.15) is 89.4 Å². The number of aromatic nitrogens is 6. The number of piperidine rings is 2. The van der Waals surface area contributed by atoms with Crippen LogP contribution in [0.15, 0.2) is 91.0 Å². The molecule has 0 spiro atoms. The number of primary amides is 3. The summed E-state index contributed by atoms with van der Waals surface area (Å²) in [6.07, 6.45) is 6.86. The van der Waals surface area contributed by atoms with E-state index in [1.165, 1.54) is 12.8 Å². The number of carbonyl (C=O) groups is 3. The van der Waals surface area contributed by atoms with E-state index in [0.717, 1.165) is 87.3 Å². The number of ether oxygens (including phenoxy) is 1. The number of carbonyl (C=O) groups excluding carboxylic acids is 3. The number of anilines is 3. The van der Waals surface area contributed by atoms with Crippen LogP contribution in [0.5, 0.6) is 5.75 Å². The summed E-state index contributed by atoms with van der Waals surface area (Å²) in [6.45, 7) is 11.2. The zero-order valence-corrected chi connectivity index (χ0v) is 38.7. The molecule has 3 aromatic carbocycles. The van der Waals surface area contributed by atoms with Crippen LogP contribution in [0.3, 0.4) is 0 Å². The summed E-state index contributed by atoms with van der Waals surface area (Å²) in [7, 11) is 1.58. The number of halogens is 1. The quantitative estimate of drug-likeness (QED) is 0.108. The third kappa shape index (κ3) is 12.7. The molecular weight excluding hydrogens is 856 g/mol. The monoisotopic (exact) mass is 912 g/mol. The molecule has 0 bridgehead atoms. The molecule has 2 saturated heterocycles. The Morgan fingerprint density at radius 1 is 0.591 bits per heavy atom. The molecule has 0 saturated carbocycles. The lowest BCUT2D eigenvalue weighted by atomic mass is 10.1. The fourth-order valence-corrected chi connectivity index (χ4v) is 7.70. The Morgan fingerprint density at radius 2 is 1.09 bits per heavy atom. The molecule has 6 aromatic rings. The SMILES string of the molecule is CCN(CC)c1nc(C(N)=O)cc(-c2cccc(C)c2)n1.COc1ccc(Cl)cc1-c1cc(C(N)=O)nc(N2CCCCC2)n1.NC(=O)c1cc(-c2ccccc2)nc(N2CCCCC2)n1. The molecule has 17 heteroatoms. The normalized spacial score (nSPS) is 13.3. The van der Waals surface area contributed by atoms with Gasteiger partial charge in [0, 0.05) is 61.0 Å². The molecule has 0 radical (unpaired) electrons. The van der Waals surface area contributed by atoms with Crippen molar-refractivity contribution in [1.82, 2.24) is 29.9 Å². The molecular formula is C49H57ClN12O4. The van der Waals surface area contributed by atoms with E-state index >= 15 is 0 Å². The summed E-state index contributed by atoms with van der Waals surface area (Å²) >= 11 is 6.11. The number of hydrogen-bond donors (Lipinski definition) is 3. The average Bonchev–Trinajstić information content (AvgIpc) is 3.35. The minimum Gasteiger partial charge on any atom is -0.496 e. The maximum Gasteiger partial charge on any atom is 0.267 e. The fourth-order valence-electron chi connectivity index (χ4n) is 7.53. The van der Waals surface area contributed by atoms with Crippen molar-refractivity contribution in [1.29, 1.82) is 0 Å². The highest BCUT2D eigenvalue weighted by Crippen LogP contribution is 2.33. The number of nitrogens with two attached hydrogens (primary N) is 3. The summed E-state index contributed by atoms with van der Waals surface area (Å²) in [5.41, 5.74) is 22.7. The number of hydrogen-bond acceptors (Lipinski definition) is 13. The summed E-state index contributed by atoms with van der Waals surface area (Å²) in [5.74, 6) is 0.629. The summed E-state index contributed by atoms with van der Waals surface area (Å²) in [4.78, 5) is 67.7. The molecule has 6 N–H and O–H groups in total. The number of amides is 3. The van der Waals surface area contributed by atoms with Gasteiger partial charge in [0.2, 0.25) is 17.8 Å². The van der Waals surface area contributed by atoms with Gasteiger partial charge in [0.05, 0.1) is 24.2 Å². The van der Waals surface area contributed by atoms with Crippen molar-refractivity contribution in [3.05, 3.63) is 119 Å². The average molecular weight is 914 g/mol. The third-order valence-electron chi connectivity index (χ3n) is 11.0. The van der Waals surface area contributed by atoms with Gasteiger partial charge in [-0.25, -0.2) is 29.9 Å². The van der Waals surface area contributed by atoms with E-state index in [0.29, 0.717) is 45.6 Å². The molecule has 3 aromatic heterocycles. The molecule has 0 atom stereocenters. The van der Waals surface area contributed by atoms with Crippen LogP contribution >= 0.6 is 11.6 Å². The summed E-state index contributed by atoms with van der Waals surface area (Å²) < 4.78 is 5.39. The highest BCUT2D eigenvalue weighted by Gasteiger charge is 2.21. The number of aryl methyl sites for hydroxylation is 1. The topological polar surface area (TPSA) is 226 Å². The molecule has 5 heterocycles. The largest absolute Gasteiger partial charge is 0.496 e. The van der Waals surface area contributed by atoms with Crippen molar-refractivity contribution in [2.45, 2.75) is 59.3 Å². The van der Waals surface area contributed by atoms with Gasteiger partial charge in [0.25, 0.3) is 17.7 Å². The molecule has 2 aliphatic rings. The van der Waals surface area contributed by atoms with Crippen molar-refractivity contribution in [2.75, 3.05) is 61.1 Å². The molecule has 16 nitrogen and oxygen atoms in total. The van der Waals surface area contributed by atoms with E-state index in [-0.39, 0.29) is 17.1 Å². The maximum absolute atomic E-state index is 11.7. The number of methoxy groups -OCH3 is 1. The molecule has 0 unspecified atom stereocenters. The summed E-state index contributed by atoms with van der Waals surface area (Å²) in [5, 5.41) is 0.560. The van der Waals surface area contributed by atoms with Crippen LogP contribution < -0.4 is 36.6 Å². The van der Waals surface area contributed by atoms with Crippen LogP contribution in [0, 0.1) is 6.92 Å². The van der Waals surface area contributed by atoms with Gasteiger partial charge in [-0.15, -0.1) is 0 Å². The van der Waals surface area contributed by atoms with E-state index in [9.17, 15) is 14.4 Å². The summed E-state index contributed by atoms with van der Waals surface area (Å²) in [6, 6.07) is 27.9. The Hall–Kier alpha value is -7.20. The molecule has 0 aliphatic carbocycles. The second kappa shape index (κ2) is 23.1. The lowest BCUT2D eigenvalue weighted by Crippen LogP contribution is -2.31. The van der Waals surface area contributed by atoms with Gasteiger partial charge in [-0.2, -0.15) is 0 Å². The molecule has 66 heavy (non-hydrogen) atoms. The smallest absolute Gasteiger partial charge is 0.267 e. The van der Waals surface area contributed by atoms with Crippen molar-refractivity contribution < 1.29 is 19.1 Å². The van der Waals surface area contributed by atoms with E-state index in [4.69, 9.17) is 33.5 Å². The predicted molar refractivity (Wildman–Crippen MR) is 260 cm³/mol. The number of benzene rings is 3. The minimum absolute atomic E-state index is 0.183. The Bertz CT molecular complexity index is 2620. The Labute approximate surface area is 390 Å². The number of rotatable bonds is 12. The fraction of sp³-hybridized carbons (Fsp3) is 0.327. The van der Waals surface area contributed by atoms with Gasteiger partial charge in [-0.05, 0) is 102 Å². The van der Waals surface area contributed by atoms with Gasteiger partial charge in [0.1, 0.15) is 22.8 Å². The Morgan fingerprint density at radius 3 is 1.61 bits per heavy atom. The molecule has 3 amide bonds. The van der Waals surface area contributed by atoms with Crippen LogP contribution in [0.25, 0.3) is 33.8 Å². The van der Waals surface area contributed by atoms with Crippen LogP contribution in [0.4, 0.5) is 17.8 Å². The van der Waals surface area contributed by atoms with Crippen molar-refractivity contribution in [3.8, 4) is 39.5 Å². The third-order valence-corrected chi connectivity index (χ3v) is 11.3. The van der Waals surface area contributed by atoms with Crippen molar-refractivity contribution >= 4 is 47.2 Å². The van der Waals surface area contributed by atoms with E-state index < -0.39 is 17.7 Å². The molecule has 344 valence electrons. The van der Waals surface area contributed by atoms with Gasteiger partial charge in [-0.1, -0.05) is 65.7 Å². The van der Waals surface area contributed by atoms with Gasteiger partial charge < -0.3 is 36.6 Å². The number of nitrogens with zero attached hydrogens (tertiary/aromatic N) is 9. The van der Waals surface area contributed by atoms with Gasteiger partial charge in [-0.3, -0.25) is 14.4 Å². The molecule has 8 rings (SSSR count). The predicted octanol–water partition coefficient (Wildman–Crippen LogP) is 7.52. The first-order valence-corrected chi connectivity index (χ1v) is 22.5. The first kappa shape index (κ1) is 48.3. The van der Waals surface area contributed by atoms with Crippen LogP contribution in [-0.2, 0) is 0 Å². The van der Waals surface area contributed by atoms with Gasteiger partial charge in [0.15, 0.2) is 0 Å². The molecule has 2 fully saturated rings. The zero-order valence-electron chi connectivity index (χ0n) is 37.9. The van der Waals surface area contributed by atoms with Crippen LogP contribution in [0.2, 0.25) is 5.02 Å². The van der Waals surface area contributed by atoms with Gasteiger partial charge >= 0.3 is 0 Å². The molecule has 2 aliphatic heterocycles. The lowest BCUT2D eigenvalue weighted by Gasteiger charge is -2.27. The van der Waals surface area contributed by atoms with E-state index in [2.05, 4.69) is 39.7 Å². The first-order valence-electron chi connectivity index (χ1n) is 22.1. The minimum atomic E-state index is -0.585. The van der Waals surface area contributed by atoms with E-state index in [1.54, 1.807) is 43.5 Å². The standard InChI is InChI=1S/C17H19ClN4O2.C16H18N4O.C16H20N4O/c1-24-15-6-5-11(18)9-12(15)13-10-14(16(19)23)21-17(20-13)22-7-3-2-4-8-22;17-15(21)14-11-13(12-7-3-1-4-8-12)18-16(19-14)20-9-5-2-6-10-20;1-4-20(5-2)16-18-13(10-14(19-16)15(17)21)12-8-6-7-11(3)9-12/h5-6,9-10H,2-4,7-8H2,1H3,(H2,19,23);1,3-4,7-8,11H,2,5-6,9-10H2,(H2,17,21);6-10H,4-5H2,1-3H3,(H2,17,21). The Balaban J connectivity index is 0.000000164.